The van der Waals surface area contributed by atoms with Crippen molar-refractivity contribution in [1.82, 2.24) is 0 Å². The monoisotopic (exact) mass is 486 g/mol. The van der Waals surface area contributed by atoms with Crippen LogP contribution in [0.2, 0.25) is 0 Å². The van der Waals surface area contributed by atoms with Crippen LogP contribution >= 0.6 is 0 Å². The van der Waals surface area contributed by atoms with Crippen LogP contribution in [0, 0.1) is 17.8 Å². The molecular weight excluding hydrogens is 440 g/mol. The van der Waals surface area contributed by atoms with Crippen LogP contribution in [0.3, 0.4) is 0 Å². The Morgan fingerprint density at radius 3 is 1.32 bits per heavy atom. The first kappa shape index (κ1) is 31.9. The van der Waals surface area contributed by atoms with E-state index in [2.05, 4.69) is 0 Å². The minimum atomic E-state index is -2.13. The second-order valence-corrected chi connectivity index (χ2v) is 9.59. The quantitative estimate of drug-likeness (QED) is 0.197. The second kappa shape index (κ2) is 17.3. The summed E-state index contributed by atoms with van der Waals surface area (Å²) in [6, 6.07) is 0. The van der Waals surface area contributed by atoms with Crippen LogP contribution in [0.5, 0.6) is 0 Å². The van der Waals surface area contributed by atoms with E-state index in [9.17, 15) is 19.2 Å². The Bertz CT molecular complexity index is 600. The lowest BCUT2D eigenvalue weighted by molar-refractivity contribution is -0.191. The van der Waals surface area contributed by atoms with Crippen molar-refractivity contribution in [3.63, 3.8) is 0 Å². The molecule has 0 aliphatic rings. The zero-order chi connectivity index (χ0) is 26.1. The van der Waals surface area contributed by atoms with Crippen LogP contribution in [0.25, 0.3) is 0 Å². The second-order valence-electron chi connectivity index (χ2n) is 9.59. The maximum Gasteiger partial charge on any atom is 0.351 e. The van der Waals surface area contributed by atoms with Gasteiger partial charge in [0.25, 0.3) is 0 Å². The molecule has 0 radical (unpaired) electrons. The molecule has 0 aliphatic heterocycles. The van der Waals surface area contributed by atoms with Crippen LogP contribution in [-0.4, -0.2) is 49.3 Å². The van der Waals surface area contributed by atoms with Crippen molar-refractivity contribution in [2.24, 2.45) is 17.8 Å². The van der Waals surface area contributed by atoms with Gasteiger partial charge in [-0.1, -0.05) is 60.8 Å². The van der Waals surface area contributed by atoms with E-state index < -0.39 is 42.3 Å². The lowest BCUT2D eigenvalue weighted by atomic mass is 9.94. The summed E-state index contributed by atoms with van der Waals surface area (Å²) in [5, 5.41) is 0. The molecule has 0 spiro atoms. The third-order valence-electron chi connectivity index (χ3n) is 5.47. The molecule has 0 saturated heterocycles. The Labute approximate surface area is 205 Å². The maximum absolute atomic E-state index is 13.1. The van der Waals surface area contributed by atoms with E-state index in [0.29, 0.717) is 0 Å². The molecular formula is C26H46O8. The van der Waals surface area contributed by atoms with E-state index in [0.717, 1.165) is 45.4 Å². The van der Waals surface area contributed by atoms with Gasteiger partial charge in [-0.05, 0) is 37.0 Å². The summed E-state index contributed by atoms with van der Waals surface area (Å²) in [5.41, 5.74) is -2.13. The molecule has 0 heterocycles. The third-order valence-corrected chi connectivity index (χ3v) is 5.47. The average Bonchev–Trinajstić information content (AvgIpc) is 2.74. The van der Waals surface area contributed by atoms with E-state index in [4.69, 9.17) is 18.9 Å². The zero-order valence-electron chi connectivity index (χ0n) is 22.3. The number of hydrogen-bond acceptors (Lipinski definition) is 8. The summed E-state index contributed by atoms with van der Waals surface area (Å²) in [5.74, 6) is -2.87. The zero-order valence-corrected chi connectivity index (χ0v) is 22.3. The average molecular weight is 487 g/mol. The fourth-order valence-electron chi connectivity index (χ4n) is 3.71. The van der Waals surface area contributed by atoms with E-state index in [1.54, 1.807) is 0 Å². The smallest absolute Gasteiger partial charge is 0.351 e. The molecule has 8 heteroatoms. The standard InChI is InChI=1S/C26H46O8/c1-8-11-19(4)16-31-23(28)14-26(34-22(7)27,25(30)33-18-21(6)13-10-3)15-24(29)32-17-20(5)12-9-2/h19-21H,8-18H2,1-7H3. The Balaban J connectivity index is 5.63. The van der Waals surface area contributed by atoms with Crippen molar-refractivity contribution in [3.05, 3.63) is 0 Å². The Hall–Kier alpha value is -2.12. The highest BCUT2D eigenvalue weighted by atomic mass is 16.6. The molecule has 0 saturated carbocycles. The number of carbonyl (C=O) groups is 4. The number of esters is 4. The molecule has 0 aliphatic carbocycles. The van der Waals surface area contributed by atoms with Gasteiger partial charge < -0.3 is 18.9 Å². The van der Waals surface area contributed by atoms with Crippen molar-refractivity contribution in [3.8, 4) is 0 Å². The van der Waals surface area contributed by atoms with E-state index in [1.807, 2.05) is 41.5 Å². The Morgan fingerprint density at radius 2 is 1.00 bits per heavy atom. The van der Waals surface area contributed by atoms with Crippen molar-refractivity contribution in [2.75, 3.05) is 19.8 Å². The molecule has 34 heavy (non-hydrogen) atoms. The van der Waals surface area contributed by atoms with Gasteiger partial charge in [-0.15, -0.1) is 0 Å². The van der Waals surface area contributed by atoms with Gasteiger partial charge in [-0.2, -0.15) is 0 Å². The molecule has 0 rings (SSSR count). The highest BCUT2D eigenvalue weighted by Crippen LogP contribution is 2.26. The summed E-state index contributed by atoms with van der Waals surface area (Å²) in [4.78, 5) is 50.4. The molecule has 0 N–H and O–H groups in total. The lowest BCUT2D eigenvalue weighted by Gasteiger charge is -2.30. The number of hydrogen-bond donors (Lipinski definition) is 0. The number of carbonyl (C=O) groups excluding carboxylic acids is 4. The largest absolute Gasteiger partial charge is 0.465 e. The molecule has 0 aromatic rings. The SMILES string of the molecule is CCCC(C)COC(=O)CC(CC(=O)OCC(C)CCC)(OC(C)=O)C(=O)OCC(C)CCC. The summed E-state index contributed by atoms with van der Waals surface area (Å²) in [7, 11) is 0. The number of rotatable bonds is 18. The molecule has 0 aromatic carbocycles. The predicted molar refractivity (Wildman–Crippen MR) is 129 cm³/mol. The number of ether oxygens (including phenoxy) is 4. The van der Waals surface area contributed by atoms with Gasteiger partial charge in [-0.3, -0.25) is 14.4 Å². The molecule has 0 fully saturated rings. The van der Waals surface area contributed by atoms with Crippen LogP contribution in [0.1, 0.15) is 99.8 Å². The van der Waals surface area contributed by atoms with Crippen molar-refractivity contribution in [1.29, 1.82) is 0 Å². The lowest BCUT2D eigenvalue weighted by Crippen LogP contribution is -2.48. The molecule has 0 bridgehead atoms. The van der Waals surface area contributed by atoms with Gasteiger partial charge in [0.2, 0.25) is 5.60 Å². The summed E-state index contributed by atoms with van der Waals surface area (Å²) >= 11 is 0. The molecule has 0 amide bonds. The van der Waals surface area contributed by atoms with Gasteiger partial charge in [0.1, 0.15) is 0 Å². The summed E-state index contributed by atoms with van der Waals surface area (Å²) in [6.07, 6.45) is 4.16. The summed E-state index contributed by atoms with van der Waals surface area (Å²) in [6.45, 7) is 13.5. The van der Waals surface area contributed by atoms with Gasteiger partial charge in [0.15, 0.2) is 0 Å². The van der Waals surface area contributed by atoms with Crippen LogP contribution in [0.15, 0.2) is 0 Å². The normalized spacial score (nSPS) is 15.4. The maximum atomic E-state index is 13.1. The van der Waals surface area contributed by atoms with Crippen LogP contribution in [-0.2, 0) is 38.1 Å². The fourth-order valence-corrected chi connectivity index (χ4v) is 3.71. The van der Waals surface area contributed by atoms with Crippen LogP contribution < -0.4 is 0 Å². The van der Waals surface area contributed by atoms with Crippen molar-refractivity contribution in [2.45, 2.75) is 105 Å². The Morgan fingerprint density at radius 1 is 0.647 bits per heavy atom. The van der Waals surface area contributed by atoms with Crippen LogP contribution in [0.4, 0.5) is 0 Å². The first-order valence-corrected chi connectivity index (χ1v) is 12.7. The molecule has 8 nitrogen and oxygen atoms in total. The highest BCUT2D eigenvalue weighted by Gasteiger charge is 2.49. The topological polar surface area (TPSA) is 105 Å². The first-order chi connectivity index (χ1) is 16.0. The van der Waals surface area contributed by atoms with E-state index >= 15 is 0 Å². The van der Waals surface area contributed by atoms with E-state index in [1.165, 1.54) is 0 Å². The Kier molecular flexibility index (Phi) is 16.3. The van der Waals surface area contributed by atoms with Gasteiger partial charge >= 0.3 is 23.9 Å². The fraction of sp³-hybridized carbons (Fsp3) is 0.846. The minimum absolute atomic E-state index is 0.0765. The van der Waals surface area contributed by atoms with Gasteiger partial charge in [-0.25, -0.2) is 4.79 Å². The third kappa shape index (κ3) is 13.6. The highest BCUT2D eigenvalue weighted by molar-refractivity contribution is 5.92. The summed E-state index contributed by atoms with van der Waals surface area (Å²) < 4.78 is 21.4. The molecule has 198 valence electrons. The van der Waals surface area contributed by atoms with E-state index in [-0.39, 0.29) is 37.6 Å². The van der Waals surface area contributed by atoms with Gasteiger partial charge in [0, 0.05) is 6.92 Å². The molecule has 0 aromatic heterocycles. The minimum Gasteiger partial charge on any atom is -0.465 e. The van der Waals surface area contributed by atoms with Gasteiger partial charge in [0.05, 0.1) is 32.7 Å². The predicted octanol–water partition coefficient (Wildman–Crippen LogP) is 5.01. The molecule has 3 atom stereocenters. The first-order valence-electron chi connectivity index (χ1n) is 12.7. The van der Waals surface area contributed by atoms with Crippen molar-refractivity contribution < 1.29 is 38.1 Å². The molecule has 3 unspecified atom stereocenters. The van der Waals surface area contributed by atoms with Crippen molar-refractivity contribution >= 4 is 23.9 Å².